The van der Waals surface area contributed by atoms with E-state index in [2.05, 4.69) is 16.0 Å². The molecular formula is C55H78N6O15S2. The molecule has 430 valence electrons. The van der Waals surface area contributed by atoms with E-state index < -0.39 is 56.5 Å². The number of ether oxygens (including phenoxy) is 6. The van der Waals surface area contributed by atoms with Crippen LogP contribution in [0.25, 0.3) is 0 Å². The van der Waals surface area contributed by atoms with Gasteiger partial charge >= 0.3 is 12.2 Å². The smallest absolute Gasteiger partial charge is 0.407 e. The lowest BCUT2D eigenvalue weighted by atomic mass is 10.0. The lowest BCUT2D eigenvalue weighted by molar-refractivity contribution is -0.121. The average molecular weight is 1130 g/mol. The Bertz CT molecular complexity index is 2640. The van der Waals surface area contributed by atoms with Gasteiger partial charge in [-0.3, -0.25) is 4.79 Å². The maximum atomic E-state index is 13.7. The van der Waals surface area contributed by atoms with Crippen molar-refractivity contribution in [2.45, 2.75) is 99.7 Å². The van der Waals surface area contributed by atoms with E-state index in [-0.39, 0.29) is 85.6 Å². The molecule has 2 saturated heterocycles. The highest BCUT2D eigenvalue weighted by Gasteiger charge is 2.34. The molecule has 0 aromatic heterocycles. The van der Waals surface area contributed by atoms with Gasteiger partial charge in [-0.15, -0.1) is 0 Å². The molecule has 2 fully saturated rings. The highest BCUT2D eigenvalue weighted by Crippen LogP contribution is 2.23. The maximum Gasteiger partial charge on any atom is 0.407 e. The first kappa shape index (κ1) is 63.1. The van der Waals surface area contributed by atoms with Gasteiger partial charge in [0.1, 0.15) is 18.8 Å². The number of aliphatic hydroxyl groups is 2. The number of carbonyl (C=O) groups excluding carboxylic acids is 3. The van der Waals surface area contributed by atoms with Crippen LogP contribution in [0.2, 0.25) is 0 Å². The van der Waals surface area contributed by atoms with Gasteiger partial charge in [-0.25, -0.2) is 26.4 Å². The molecule has 4 aromatic carbocycles. The molecule has 23 heteroatoms. The monoisotopic (exact) mass is 1130 g/mol. The van der Waals surface area contributed by atoms with Crippen molar-refractivity contribution < 1.29 is 69.9 Å². The zero-order chi connectivity index (χ0) is 56.7. The third-order valence-electron chi connectivity index (χ3n) is 12.3. The van der Waals surface area contributed by atoms with Crippen LogP contribution in [0.15, 0.2) is 119 Å². The molecule has 2 aliphatic heterocycles. The fourth-order valence-electron chi connectivity index (χ4n) is 8.37. The number of carbonyl (C=O) groups is 3. The molecule has 78 heavy (non-hydrogen) atoms. The fraction of sp³-hybridized carbons (Fsp3) is 0.509. The van der Waals surface area contributed by atoms with Crippen molar-refractivity contribution in [2.75, 3.05) is 90.6 Å². The van der Waals surface area contributed by atoms with Gasteiger partial charge < -0.3 is 60.3 Å². The summed E-state index contributed by atoms with van der Waals surface area (Å²) in [6, 6.07) is 28.8. The SMILES string of the molecule is CC(C)CN(C[C@@H](O)[C@H](Cc1ccccc1)NC(=O)O[C@H]1CCOC1)S(=O)(=O)c1ccc(N)cc1.COCCOCC(=O)Nc1ccc(S(=O)(=O)N(CC(C)C)C[C@@H](O)[C@H](Cc2ccccc2)NC(=O)O[C@H]2CCOC2)cc1. The van der Waals surface area contributed by atoms with Crippen LogP contribution in [0.1, 0.15) is 51.7 Å². The van der Waals surface area contributed by atoms with E-state index in [0.29, 0.717) is 63.7 Å². The largest absolute Gasteiger partial charge is 0.444 e. The van der Waals surface area contributed by atoms with Crippen LogP contribution in [-0.2, 0) is 66.1 Å². The van der Waals surface area contributed by atoms with Gasteiger partial charge in [0.2, 0.25) is 26.0 Å². The Balaban J connectivity index is 0.000000293. The number of anilines is 2. The van der Waals surface area contributed by atoms with Crippen molar-refractivity contribution in [3.05, 3.63) is 120 Å². The van der Waals surface area contributed by atoms with E-state index in [0.717, 1.165) is 11.1 Å². The van der Waals surface area contributed by atoms with Crippen LogP contribution in [0.3, 0.4) is 0 Å². The number of methoxy groups -OCH3 is 1. The molecule has 0 unspecified atom stereocenters. The first-order chi connectivity index (χ1) is 37.2. The lowest BCUT2D eigenvalue weighted by Gasteiger charge is -2.30. The molecule has 0 bridgehead atoms. The second-order valence-corrected chi connectivity index (χ2v) is 23.8. The molecule has 21 nitrogen and oxygen atoms in total. The minimum atomic E-state index is -4.05. The molecule has 0 saturated carbocycles. The number of nitrogen functional groups attached to an aromatic ring is 1. The fourth-order valence-corrected chi connectivity index (χ4v) is 11.6. The van der Waals surface area contributed by atoms with Crippen molar-refractivity contribution in [1.82, 2.24) is 19.2 Å². The molecule has 4 aromatic rings. The molecule has 2 aliphatic rings. The number of hydrogen-bond acceptors (Lipinski definition) is 16. The molecule has 7 N–H and O–H groups in total. The number of alkyl carbamates (subject to hydrolysis) is 2. The Hall–Kier alpha value is -5.73. The second kappa shape index (κ2) is 31.8. The maximum absolute atomic E-state index is 13.7. The number of nitrogens with two attached hydrogens (primary N) is 1. The van der Waals surface area contributed by atoms with E-state index in [4.69, 9.17) is 34.2 Å². The number of amides is 3. The van der Waals surface area contributed by atoms with Crippen molar-refractivity contribution in [2.24, 2.45) is 11.8 Å². The Morgan fingerprint density at radius 2 is 1.05 bits per heavy atom. The van der Waals surface area contributed by atoms with E-state index in [1.807, 2.05) is 88.4 Å². The number of sulfonamides is 2. The highest BCUT2D eigenvalue weighted by molar-refractivity contribution is 7.89. The van der Waals surface area contributed by atoms with Gasteiger partial charge in [0.15, 0.2) is 0 Å². The number of rotatable bonds is 28. The van der Waals surface area contributed by atoms with E-state index in [9.17, 15) is 41.4 Å². The Labute approximate surface area is 459 Å². The minimum Gasteiger partial charge on any atom is -0.444 e. The average Bonchev–Trinajstić information content (AvgIpc) is 4.15. The minimum absolute atomic E-state index is 0.00269. The van der Waals surface area contributed by atoms with E-state index in [1.54, 1.807) is 0 Å². The molecule has 0 spiro atoms. The normalized spacial score (nSPS) is 17.2. The Morgan fingerprint density at radius 3 is 1.44 bits per heavy atom. The van der Waals surface area contributed by atoms with Crippen LogP contribution in [-0.4, -0.2) is 170 Å². The Kier molecular flexibility index (Phi) is 25.7. The first-order valence-corrected chi connectivity index (χ1v) is 29.0. The molecule has 0 radical (unpaired) electrons. The second-order valence-electron chi connectivity index (χ2n) is 19.9. The van der Waals surface area contributed by atoms with Crippen molar-refractivity contribution in [1.29, 1.82) is 0 Å². The van der Waals surface area contributed by atoms with Gasteiger partial charge in [-0.1, -0.05) is 88.4 Å². The summed E-state index contributed by atoms with van der Waals surface area (Å²) < 4.78 is 88.2. The quantitative estimate of drug-likeness (QED) is 0.0328. The molecule has 6 atom stereocenters. The summed E-state index contributed by atoms with van der Waals surface area (Å²) in [4.78, 5) is 37.5. The summed E-state index contributed by atoms with van der Waals surface area (Å²) in [5.41, 5.74) is 8.33. The number of aliphatic hydroxyl groups excluding tert-OH is 2. The van der Waals surface area contributed by atoms with Gasteiger partial charge in [0, 0.05) is 57.5 Å². The van der Waals surface area contributed by atoms with Crippen molar-refractivity contribution in [3.63, 3.8) is 0 Å². The molecule has 6 rings (SSSR count). The van der Waals surface area contributed by atoms with Crippen LogP contribution in [0, 0.1) is 11.8 Å². The highest BCUT2D eigenvalue weighted by atomic mass is 32.2. The summed E-state index contributed by atoms with van der Waals surface area (Å²) in [7, 11) is -6.42. The predicted octanol–water partition coefficient (Wildman–Crippen LogP) is 4.82. The topological polar surface area (TPSA) is 284 Å². The van der Waals surface area contributed by atoms with Crippen LogP contribution in [0.4, 0.5) is 21.0 Å². The van der Waals surface area contributed by atoms with Crippen molar-refractivity contribution >= 4 is 49.5 Å². The van der Waals surface area contributed by atoms with Crippen LogP contribution in [0.5, 0.6) is 0 Å². The molecule has 2 heterocycles. The summed E-state index contributed by atoms with van der Waals surface area (Å²) in [5, 5.41) is 30.7. The van der Waals surface area contributed by atoms with E-state index >= 15 is 0 Å². The van der Waals surface area contributed by atoms with Crippen LogP contribution >= 0.6 is 0 Å². The first-order valence-electron chi connectivity index (χ1n) is 26.1. The standard InChI is InChI=1S/C30H43N3O9S.C25H35N3O6S/c1-22(2)18-33(43(37,38)26-11-9-24(10-12-26)31-29(35)21-41-16-15-39-3)19-28(34)27(17-23-7-5-4-6-8-23)32-30(36)42-25-13-14-40-20-25;1-18(2)15-28(35(31,32)22-10-8-20(26)9-11-22)16-24(29)23(14-19-6-4-3-5-7-19)27-25(30)34-21-12-13-33-17-21/h4-12,22,25,27-28,34H,13-21H2,1-3H3,(H,31,35)(H,32,36);3-11,18,21,23-24,29H,12-17,26H2,1-2H3,(H,27,30)/t25-,27-,28+;21-,23-,24+/m00/s1. The predicted molar refractivity (Wildman–Crippen MR) is 293 cm³/mol. The van der Waals surface area contributed by atoms with Gasteiger partial charge in [0.05, 0.1) is 73.7 Å². The van der Waals surface area contributed by atoms with Crippen LogP contribution < -0.4 is 21.7 Å². The third kappa shape index (κ3) is 21.1. The van der Waals surface area contributed by atoms with E-state index in [1.165, 1.54) is 64.3 Å². The molecule has 3 amide bonds. The number of hydrogen-bond donors (Lipinski definition) is 6. The van der Waals surface area contributed by atoms with Gasteiger partial charge in [0.25, 0.3) is 0 Å². The summed E-state index contributed by atoms with van der Waals surface area (Å²) in [6.45, 7) is 9.59. The third-order valence-corrected chi connectivity index (χ3v) is 16.0. The molecular weight excluding hydrogens is 1050 g/mol. The summed E-state index contributed by atoms with van der Waals surface area (Å²) in [6.07, 6.45) is -2.76. The van der Waals surface area contributed by atoms with Crippen molar-refractivity contribution in [3.8, 4) is 0 Å². The zero-order valence-corrected chi connectivity index (χ0v) is 46.7. The summed E-state index contributed by atoms with van der Waals surface area (Å²) >= 11 is 0. The zero-order valence-electron chi connectivity index (χ0n) is 45.1. The Morgan fingerprint density at radius 1 is 0.628 bits per heavy atom. The van der Waals surface area contributed by atoms with Gasteiger partial charge in [-0.2, -0.15) is 8.61 Å². The number of nitrogens with zero attached hydrogens (tertiary/aromatic N) is 2. The number of nitrogens with one attached hydrogen (secondary N) is 3. The number of benzene rings is 4. The summed E-state index contributed by atoms with van der Waals surface area (Å²) in [5.74, 6) is -0.419. The lowest BCUT2D eigenvalue weighted by Crippen LogP contribution is -2.51. The molecule has 0 aliphatic carbocycles. The van der Waals surface area contributed by atoms with Gasteiger partial charge in [-0.05, 0) is 84.3 Å².